The smallest absolute Gasteiger partial charge is 0.254 e. The molecule has 1 aromatic carbocycles. The van der Waals surface area contributed by atoms with Crippen LogP contribution in [0.5, 0.6) is 0 Å². The molecule has 2 aromatic rings. The molecule has 0 unspecified atom stereocenters. The van der Waals surface area contributed by atoms with Crippen molar-refractivity contribution < 1.29 is 9.53 Å². The monoisotopic (exact) mass is 420 g/mol. The molecule has 1 aliphatic heterocycles. The summed E-state index contributed by atoms with van der Waals surface area (Å²) in [5.74, 6) is 1.62. The molecule has 8 heteroatoms. The average molecular weight is 421 g/mol. The van der Waals surface area contributed by atoms with E-state index in [4.69, 9.17) is 16.3 Å². The van der Waals surface area contributed by atoms with E-state index in [9.17, 15) is 4.79 Å². The minimum absolute atomic E-state index is 0.0598. The number of nitrogens with zero attached hydrogens (tertiary/aromatic N) is 4. The van der Waals surface area contributed by atoms with E-state index in [1.165, 1.54) is 11.8 Å². The van der Waals surface area contributed by atoms with E-state index >= 15 is 0 Å². The molecule has 0 N–H and O–H groups in total. The van der Waals surface area contributed by atoms with Crippen molar-refractivity contribution in [2.45, 2.75) is 24.8 Å². The Bertz CT molecular complexity index is 793. The number of hydrogen-bond acceptors (Lipinski definition) is 6. The van der Waals surface area contributed by atoms with Crippen LogP contribution in [0, 0.1) is 0 Å². The van der Waals surface area contributed by atoms with Gasteiger partial charge in [0.15, 0.2) is 5.16 Å². The molecule has 1 aliphatic rings. The Morgan fingerprint density at radius 3 is 2.50 bits per heavy atom. The fourth-order valence-corrected chi connectivity index (χ4v) is 4.04. The fraction of sp³-hybridized carbons (Fsp3) is 0.450. The van der Waals surface area contributed by atoms with E-state index in [2.05, 4.69) is 28.7 Å². The maximum atomic E-state index is 12.5. The number of morpholine rings is 1. The Balaban J connectivity index is 1.62. The van der Waals surface area contributed by atoms with E-state index in [0.717, 1.165) is 24.5 Å². The molecule has 28 heavy (non-hydrogen) atoms. The molecule has 0 saturated carbocycles. The molecule has 1 saturated heterocycles. The van der Waals surface area contributed by atoms with E-state index in [1.807, 2.05) is 29.2 Å². The summed E-state index contributed by atoms with van der Waals surface area (Å²) in [6.45, 7) is 8.43. The van der Waals surface area contributed by atoms with Crippen LogP contribution in [0.4, 0.5) is 5.82 Å². The van der Waals surface area contributed by atoms with Crippen molar-refractivity contribution in [2.24, 2.45) is 0 Å². The molecule has 2 heterocycles. The first-order valence-corrected chi connectivity index (χ1v) is 10.8. The third-order valence-corrected chi connectivity index (χ3v) is 5.73. The van der Waals surface area contributed by atoms with E-state index in [-0.39, 0.29) is 5.91 Å². The molecule has 6 nitrogen and oxygen atoms in total. The van der Waals surface area contributed by atoms with Gasteiger partial charge in [0.25, 0.3) is 5.91 Å². The number of thioether (sulfide) groups is 1. The van der Waals surface area contributed by atoms with E-state index < -0.39 is 0 Å². The summed E-state index contributed by atoms with van der Waals surface area (Å²) < 4.78 is 5.30. The lowest BCUT2D eigenvalue weighted by atomic mass is 10.1. The van der Waals surface area contributed by atoms with Crippen LogP contribution >= 0.6 is 23.4 Å². The number of carbonyl (C=O) groups is 1. The number of amides is 1. The standard InChI is InChI=1S/C20H25ClN4O2S/c1-3-24(4-2)18-13-17(21)22-20(23-18)28-14-15-5-7-16(8-6-15)19(26)25-9-11-27-12-10-25/h5-8,13H,3-4,9-12,14H2,1-2H3. The summed E-state index contributed by atoms with van der Waals surface area (Å²) in [6, 6.07) is 9.53. The first-order valence-electron chi connectivity index (χ1n) is 9.49. The number of halogens is 1. The zero-order chi connectivity index (χ0) is 19.9. The predicted molar refractivity (Wildman–Crippen MR) is 113 cm³/mol. The Kier molecular flexibility index (Phi) is 7.53. The van der Waals surface area contributed by atoms with Gasteiger partial charge in [-0.05, 0) is 31.5 Å². The average Bonchev–Trinajstić information content (AvgIpc) is 2.73. The van der Waals surface area contributed by atoms with Crippen molar-refractivity contribution in [3.05, 3.63) is 46.6 Å². The maximum absolute atomic E-state index is 12.5. The zero-order valence-corrected chi connectivity index (χ0v) is 17.8. The topological polar surface area (TPSA) is 58.6 Å². The molecule has 0 spiro atoms. The van der Waals surface area contributed by atoms with Crippen LogP contribution in [0.15, 0.2) is 35.5 Å². The van der Waals surface area contributed by atoms with Gasteiger partial charge in [0, 0.05) is 43.6 Å². The Hall–Kier alpha value is -1.83. The van der Waals surface area contributed by atoms with Gasteiger partial charge in [-0.3, -0.25) is 4.79 Å². The Morgan fingerprint density at radius 1 is 1.18 bits per heavy atom. The van der Waals surface area contributed by atoms with Gasteiger partial charge in [0.2, 0.25) is 0 Å². The van der Waals surface area contributed by atoms with Crippen molar-refractivity contribution in [1.29, 1.82) is 0 Å². The van der Waals surface area contributed by atoms with Crippen LogP contribution in [-0.2, 0) is 10.5 Å². The van der Waals surface area contributed by atoms with Crippen molar-refractivity contribution in [3.8, 4) is 0 Å². The second kappa shape index (κ2) is 10.1. The van der Waals surface area contributed by atoms with Gasteiger partial charge in [-0.2, -0.15) is 0 Å². The molecule has 0 atom stereocenters. The van der Waals surface area contributed by atoms with Crippen molar-refractivity contribution in [2.75, 3.05) is 44.3 Å². The highest BCUT2D eigenvalue weighted by Crippen LogP contribution is 2.25. The number of benzene rings is 1. The van der Waals surface area contributed by atoms with E-state index in [1.54, 1.807) is 6.07 Å². The fourth-order valence-electron chi connectivity index (χ4n) is 3.00. The molecule has 3 rings (SSSR count). The summed E-state index contributed by atoms with van der Waals surface area (Å²) in [7, 11) is 0. The highest BCUT2D eigenvalue weighted by Gasteiger charge is 2.18. The van der Waals surface area contributed by atoms with Crippen LogP contribution in [0.25, 0.3) is 0 Å². The lowest BCUT2D eigenvalue weighted by molar-refractivity contribution is 0.0303. The lowest BCUT2D eigenvalue weighted by Gasteiger charge is -2.26. The molecular formula is C20H25ClN4O2S. The maximum Gasteiger partial charge on any atom is 0.254 e. The first kappa shape index (κ1) is 20.9. The van der Waals surface area contributed by atoms with E-state index in [0.29, 0.717) is 47.9 Å². The Morgan fingerprint density at radius 2 is 1.86 bits per heavy atom. The number of carbonyl (C=O) groups excluding carboxylic acids is 1. The summed E-state index contributed by atoms with van der Waals surface area (Å²) in [5, 5.41) is 1.11. The van der Waals surface area contributed by atoms with Gasteiger partial charge < -0.3 is 14.5 Å². The number of aromatic nitrogens is 2. The number of anilines is 1. The van der Waals surface area contributed by atoms with Gasteiger partial charge in [-0.15, -0.1) is 0 Å². The van der Waals surface area contributed by atoms with Crippen LogP contribution in [-0.4, -0.2) is 60.2 Å². The molecule has 1 aromatic heterocycles. The van der Waals surface area contributed by atoms with Crippen molar-refractivity contribution in [3.63, 3.8) is 0 Å². The van der Waals surface area contributed by atoms with Gasteiger partial charge in [0.1, 0.15) is 11.0 Å². The third kappa shape index (κ3) is 5.37. The normalized spacial score (nSPS) is 14.2. The number of hydrogen-bond donors (Lipinski definition) is 0. The summed E-state index contributed by atoms with van der Waals surface area (Å²) in [4.78, 5) is 25.4. The molecule has 1 amide bonds. The quantitative estimate of drug-likeness (QED) is 0.386. The van der Waals surface area contributed by atoms with Gasteiger partial charge in [-0.1, -0.05) is 35.5 Å². The lowest BCUT2D eigenvalue weighted by Crippen LogP contribution is -2.40. The SMILES string of the molecule is CCN(CC)c1cc(Cl)nc(SCc2ccc(C(=O)N3CCOCC3)cc2)n1. The molecule has 0 bridgehead atoms. The second-order valence-electron chi connectivity index (χ2n) is 6.39. The summed E-state index contributed by atoms with van der Waals surface area (Å²) in [5.41, 5.74) is 1.81. The zero-order valence-electron chi connectivity index (χ0n) is 16.2. The highest BCUT2D eigenvalue weighted by molar-refractivity contribution is 7.98. The number of rotatable bonds is 7. The largest absolute Gasteiger partial charge is 0.378 e. The van der Waals surface area contributed by atoms with Crippen molar-refractivity contribution in [1.82, 2.24) is 14.9 Å². The van der Waals surface area contributed by atoms with Gasteiger partial charge >= 0.3 is 0 Å². The molecule has 1 fully saturated rings. The van der Waals surface area contributed by atoms with Gasteiger partial charge in [-0.25, -0.2) is 9.97 Å². The van der Waals surface area contributed by atoms with Crippen LogP contribution in [0.2, 0.25) is 5.15 Å². The molecule has 0 aliphatic carbocycles. The first-order chi connectivity index (χ1) is 13.6. The minimum Gasteiger partial charge on any atom is -0.378 e. The number of ether oxygens (including phenoxy) is 1. The third-order valence-electron chi connectivity index (χ3n) is 4.62. The second-order valence-corrected chi connectivity index (χ2v) is 7.72. The molecule has 150 valence electrons. The molecular weight excluding hydrogens is 396 g/mol. The Labute approximate surface area is 175 Å². The molecule has 0 radical (unpaired) electrons. The van der Waals surface area contributed by atoms with Crippen LogP contribution in [0.3, 0.4) is 0 Å². The van der Waals surface area contributed by atoms with Crippen molar-refractivity contribution >= 4 is 35.1 Å². The summed E-state index contributed by atoms with van der Waals surface area (Å²) >= 11 is 7.71. The minimum atomic E-state index is 0.0598. The predicted octanol–water partition coefficient (Wildman–Crippen LogP) is 3.74. The van der Waals surface area contributed by atoms with Crippen LogP contribution < -0.4 is 4.90 Å². The highest BCUT2D eigenvalue weighted by atomic mass is 35.5. The van der Waals surface area contributed by atoms with Crippen LogP contribution in [0.1, 0.15) is 29.8 Å². The van der Waals surface area contributed by atoms with Gasteiger partial charge in [0.05, 0.1) is 13.2 Å². The summed E-state index contributed by atoms with van der Waals surface area (Å²) in [6.07, 6.45) is 0.